The number of nitrogens with one attached hydrogen (secondary N) is 1. The third-order valence-corrected chi connectivity index (χ3v) is 13.4. The summed E-state index contributed by atoms with van der Waals surface area (Å²) in [6.45, 7) is 11.0. The lowest BCUT2D eigenvalue weighted by Gasteiger charge is -2.43. The SMILES string of the molecule is CC(C)[C@@H](NC[C@H](F)CO[Si](c1ccccc1)(c1ccccc1)C(C)(C)C)c1nc2cnccc2c(=O)n1Cc1ccccc1. The molecule has 2 aromatic heterocycles. The van der Waals surface area contributed by atoms with Gasteiger partial charge in [-0.1, -0.05) is 126 Å². The van der Waals surface area contributed by atoms with Gasteiger partial charge in [0.05, 0.1) is 36.3 Å². The fourth-order valence-corrected chi connectivity index (χ4v) is 10.7. The van der Waals surface area contributed by atoms with Gasteiger partial charge in [-0.15, -0.1) is 0 Å². The number of halogens is 1. The van der Waals surface area contributed by atoms with Crippen molar-refractivity contribution in [1.29, 1.82) is 0 Å². The third kappa shape index (κ3) is 6.98. The Balaban J connectivity index is 1.43. The maximum Gasteiger partial charge on any atom is 0.261 e. The second-order valence-electron chi connectivity index (χ2n) is 12.9. The van der Waals surface area contributed by atoms with Crippen molar-refractivity contribution in [2.75, 3.05) is 13.2 Å². The minimum atomic E-state index is -2.88. The zero-order valence-corrected chi connectivity index (χ0v) is 27.8. The van der Waals surface area contributed by atoms with Crippen molar-refractivity contribution in [2.24, 2.45) is 5.92 Å². The van der Waals surface area contributed by atoms with Crippen LogP contribution in [0.15, 0.2) is 114 Å². The third-order valence-electron chi connectivity index (χ3n) is 8.37. The molecule has 0 fully saturated rings. The van der Waals surface area contributed by atoms with E-state index in [0.29, 0.717) is 23.3 Å². The first kappa shape index (κ1) is 32.4. The zero-order valence-electron chi connectivity index (χ0n) is 26.8. The van der Waals surface area contributed by atoms with Gasteiger partial charge in [-0.3, -0.25) is 14.3 Å². The average molecular weight is 623 g/mol. The Morgan fingerprint density at radius 2 is 1.47 bits per heavy atom. The van der Waals surface area contributed by atoms with E-state index in [1.807, 2.05) is 66.7 Å². The van der Waals surface area contributed by atoms with E-state index in [9.17, 15) is 4.79 Å². The predicted octanol–water partition coefficient (Wildman–Crippen LogP) is 6.04. The van der Waals surface area contributed by atoms with Gasteiger partial charge in [0.15, 0.2) is 0 Å². The highest BCUT2D eigenvalue weighted by atomic mass is 28.4. The van der Waals surface area contributed by atoms with Crippen molar-refractivity contribution in [1.82, 2.24) is 19.9 Å². The summed E-state index contributed by atoms with van der Waals surface area (Å²) in [6, 6.07) is 31.7. The van der Waals surface area contributed by atoms with Crippen LogP contribution >= 0.6 is 0 Å². The van der Waals surface area contributed by atoms with Gasteiger partial charge in [0.1, 0.15) is 12.0 Å². The molecule has 8 heteroatoms. The normalized spacial score (nSPS) is 13.7. The summed E-state index contributed by atoms with van der Waals surface area (Å²) in [5, 5.41) is 5.91. The molecule has 0 aliphatic rings. The average Bonchev–Trinajstić information content (AvgIpc) is 3.04. The van der Waals surface area contributed by atoms with Crippen LogP contribution in [0.2, 0.25) is 5.04 Å². The van der Waals surface area contributed by atoms with Gasteiger partial charge in [0.25, 0.3) is 13.9 Å². The minimum absolute atomic E-state index is 0.0258. The van der Waals surface area contributed by atoms with Crippen LogP contribution in [0.3, 0.4) is 0 Å². The van der Waals surface area contributed by atoms with E-state index in [1.54, 1.807) is 23.0 Å². The number of fused-ring (bicyclic) bond motifs is 1. The molecule has 0 saturated heterocycles. The first-order valence-electron chi connectivity index (χ1n) is 15.6. The molecule has 3 aromatic carbocycles. The lowest BCUT2D eigenvalue weighted by molar-refractivity contribution is 0.175. The molecule has 0 spiro atoms. The molecule has 234 valence electrons. The van der Waals surface area contributed by atoms with Crippen molar-refractivity contribution >= 4 is 29.6 Å². The summed E-state index contributed by atoms with van der Waals surface area (Å²) in [4.78, 5) is 22.9. The maximum absolute atomic E-state index is 16.0. The number of hydrogen-bond acceptors (Lipinski definition) is 5. The fraction of sp³-hybridized carbons (Fsp3) is 0.324. The summed E-state index contributed by atoms with van der Waals surface area (Å²) in [5.74, 6) is 0.595. The number of benzene rings is 3. The zero-order chi connectivity index (χ0) is 32.0. The quantitative estimate of drug-likeness (QED) is 0.172. The van der Waals surface area contributed by atoms with Gasteiger partial charge >= 0.3 is 0 Å². The summed E-state index contributed by atoms with van der Waals surface area (Å²) in [6.07, 6.45) is 1.93. The van der Waals surface area contributed by atoms with Crippen LogP contribution in [0.5, 0.6) is 0 Å². The second kappa shape index (κ2) is 14.0. The van der Waals surface area contributed by atoms with Crippen molar-refractivity contribution in [2.45, 2.75) is 58.4 Å². The van der Waals surface area contributed by atoms with Crippen molar-refractivity contribution in [3.05, 3.63) is 131 Å². The highest BCUT2D eigenvalue weighted by molar-refractivity contribution is 6.99. The van der Waals surface area contributed by atoms with Gasteiger partial charge in [-0.2, -0.15) is 0 Å². The molecular formula is C37H43FN4O2Si. The Hall–Kier alpha value is -3.98. The number of aromatic nitrogens is 3. The summed E-state index contributed by atoms with van der Waals surface area (Å²) in [5.41, 5.74) is 1.38. The van der Waals surface area contributed by atoms with E-state index in [-0.39, 0.29) is 35.7 Å². The highest BCUT2D eigenvalue weighted by Gasteiger charge is 2.50. The van der Waals surface area contributed by atoms with Crippen molar-refractivity contribution in [3.8, 4) is 0 Å². The van der Waals surface area contributed by atoms with Crippen molar-refractivity contribution in [3.63, 3.8) is 0 Å². The first-order chi connectivity index (χ1) is 21.6. The van der Waals surface area contributed by atoms with E-state index in [1.165, 1.54) is 0 Å². The Morgan fingerprint density at radius 1 is 0.889 bits per heavy atom. The summed E-state index contributed by atoms with van der Waals surface area (Å²) in [7, 11) is -2.88. The Kier molecular flexibility index (Phi) is 10.1. The Morgan fingerprint density at radius 3 is 2.02 bits per heavy atom. The van der Waals surface area contributed by atoms with E-state index in [2.05, 4.69) is 69.2 Å². The van der Waals surface area contributed by atoms with E-state index < -0.39 is 14.5 Å². The second-order valence-corrected chi connectivity index (χ2v) is 17.2. The van der Waals surface area contributed by atoms with Crippen LogP contribution in [-0.2, 0) is 11.0 Å². The topological polar surface area (TPSA) is 69.0 Å². The number of hydrogen-bond donors (Lipinski definition) is 1. The molecule has 0 amide bonds. The molecule has 6 nitrogen and oxygen atoms in total. The van der Waals surface area contributed by atoms with Gasteiger partial charge in [-0.25, -0.2) is 9.37 Å². The monoisotopic (exact) mass is 622 g/mol. The smallest absolute Gasteiger partial charge is 0.261 e. The van der Waals surface area contributed by atoms with Crippen LogP contribution in [0.1, 0.15) is 52.0 Å². The van der Waals surface area contributed by atoms with Crippen LogP contribution in [0, 0.1) is 5.92 Å². The molecule has 5 rings (SSSR count). The van der Waals surface area contributed by atoms with Crippen LogP contribution < -0.4 is 21.2 Å². The molecule has 0 aliphatic heterocycles. The van der Waals surface area contributed by atoms with Gasteiger partial charge in [0, 0.05) is 12.7 Å². The molecule has 0 radical (unpaired) electrons. The molecular weight excluding hydrogens is 580 g/mol. The largest absolute Gasteiger partial charge is 0.404 e. The standard InChI is InChI=1S/C37H43FN4O2Si/c1-27(2)34(35-41-33-24-39-22-21-32(33)36(43)42(35)25-28-15-9-6-10-16-28)40-23-29(38)26-44-45(37(3,4)5,30-17-11-7-12-18-30)31-19-13-8-14-20-31/h6-22,24,27,29,34,40H,23,25-26H2,1-5H3/t29-,34+/m0/s1. The van der Waals surface area contributed by atoms with E-state index in [4.69, 9.17) is 9.41 Å². The number of pyridine rings is 1. The van der Waals surface area contributed by atoms with Crippen molar-refractivity contribution < 1.29 is 8.82 Å². The van der Waals surface area contributed by atoms with Gasteiger partial charge in [-0.05, 0) is 33.0 Å². The van der Waals surface area contributed by atoms with E-state index >= 15 is 4.39 Å². The van der Waals surface area contributed by atoms with Crippen LogP contribution in [0.25, 0.3) is 10.9 Å². The fourth-order valence-electron chi connectivity index (χ4n) is 6.16. The molecule has 2 heterocycles. The van der Waals surface area contributed by atoms with Gasteiger partial charge < -0.3 is 9.74 Å². The Labute approximate surface area is 266 Å². The Bertz CT molecular complexity index is 1700. The lowest BCUT2D eigenvalue weighted by atomic mass is 10.0. The molecule has 0 bridgehead atoms. The maximum atomic E-state index is 16.0. The predicted molar refractivity (Wildman–Crippen MR) is 183 cm³/mol. The molecule has 0 saturated carbocycles. The molecule has 0 unspecified atom stereocenters. The van der Waals surface area contributed by atoms with Gasteiger partial charge in [0.2, 0.25) is 0 Å². The van der Waals surface area contributed by atoms with E-state index in [0.717, 1.165) is 15.9 Å². The molecule has 5 aromatic rings. The number of rotatable bonds is 12. The summed E-state index contributed by atoms with van der Waals surface area (Å²) < 4.78 is 24.6. The number of nitrogens with zero attached hydrogens (tertiary/aromatic N) is 3. The molecule has 0 aliphatic carbocycles. The van der Waals surface area contributed by atoms with Crippen LogP contribution in [0.4, 0.5) is 4.39 Å². The molecule has 1 N–H and O–H groups in total. The van der Waals surface area contributed by atoms with Crippen LogP contribution in [-0.4, -0.2) is 42.2 Å². The molecule has 2 atom stereocenters. The molecule has 45 heavy (non-hydrogen) atoms. The number of alkyl halides is 1. The lowest BCUT2D eigenvalue weighted by Crippen LogP contribution is -2.67. The summed E-state index contributed by atoms with van der Waals surface area (Å²) >= 11 is 0. The highest BCUT2D eigenvalue weighted by Crippen LogP contribution is 2.37. The minimum Gasteiger partial charge on any atom is -0.404 e. The first-order valence-corrected chi connectivity index (χ1v) is 17.5.